The van der Waals surface area contributed by atoms with Crippen molar-refractivity contribution in [1.29, 1.82) is 0 Å². The van der Waals surface area contributed by atoms with Crippen LogP contribution in [0.2, 0.25) is 0 Å². The van der Waals surface area contributed by atoms with Crippen molar-refractivity contribution in [2.24, 2.45) is 7.05 Å². The minimum Gasteiger partial charge on any atom is -0.446 e. The molecule has 2 aliphatic rings. The molecule has 2 aromatic heterocycles. The number of aromatic nitrogens is 4. The molecular formula is C20H28N6O3. The SMILES string of the molecule is C[C@H]1C[C@H](C)N1C(=O)O[C@@H]1CC[C@H](c2cc(NC(=O)Cc3cnn(C)c3)n[nH]2)C1. The van der Waals surface area contributed by atoms with E-state index in [4.69, 9.17) is 4.74 Å². The summed E-state index contributed by atoms with van der Waals surface area (Å²) >= 11 is 0. The number of aromatic amines is 1. The zero-order valence-corrected chi connectivity index (χ0v) is 17.1. The van der Waals surface area contributed by atoms with Crippen LogP contribution in [0.4, 0.5) is 10.6 Å². The maximum atomic E-state index is 12.4. The van der Waals surface area contributed by atoms with Crippen LogP contribution in [0.3, 0.4) is 0 Å². The summed E-state index contributed by atoms with van der Waals surface area (Å²) < 4.78 is 7.39. The summed E-state index contributed by atoms with van der Waals surface area (Å²) in [6.45, 7) is 4.10. The fourth-order valence-electron chi connectivity index (χ4n) is 4.46. The highest BCUT2D eigenvalue weighted by Crippen LogP contribution is 2.37. The molecule has 0 radical (unpaired) electrons. The monoisotopic (exact) mass is 400 g/mol. The molecule has 1 aliphatic carbocycles. The van der Waals surface area contributed by atoms with E-state index in [-0.39, 0.29) is 42.5 Å². The summed E-state index contributed by atoms with van der Waals surface area (Å²) in [5, 5.41) is 14.1. The predicted molar refractivity (Wildman–Crippen MR) is 106 cm³/mol. The lowest BCUT2D eigenvalue weighted by atomic mass is 9.97. The van der Waals surface area contributed by atoms with Crippen LogP contribution in [0, 0.1) is 0 Å². The summed E-state index contributed by atoms with van der Waals surface area (Å²) in [5.41, 5.74) is 1.82. The molecule has 29 heavy (non-hydrogen) atoms. The van der Waals surface area contributed by atoms with Crippen LogP contribution in [0.5, 0.6) is 0 Å². The topological polar surface area (TPSA) is 105 Å². The zero-order chi connectivity index (χ0) is 20.5. The van der Waals surface area contributed by atoms with E-state index in [1.165, 1.54) is 0 Å². The molecule has 9 nitrogen and oxygen atoms in total. The Hall–Kier alpha value is -2.84. The lowest BCUT2D eigenvalue weighted by Crippen LogP contribution is -2.56. The van der Waals surface area contributed by atoms with E-state index in [1.54, 1.807) is 10.9 Å². The van der Waals surface area contributed by atoms with Crippen LogP contribution in [0.1, 0.15) is 56.7 Å². The number of likely N-dealkylation sites (tertiary alicyclic amines) is 1. The first kappa shape index (κ1) is 19.5. The van der Waals surface area contributed by atoms with E-state index < -0.39 is 0 Å². The molecule has 1 aliphatic heterocycles. The molecule has 2 fully saturated rings. The number of carbonyl (C=O) groups is 2. The summed E-state index contributed by atoms with van der Waals surface area (Å²) in [6, 6.07) is 2.40. The molecular weight excluding hydrogens is 372 g/mol. The normalized spacial score (nSPS) is 26.2. The molecule has 0 spiro atoms. The molecule has 1 saturated heterocycles. The molecule has 2 amide bonds. The molecule has 0 bridgehead atoms. The van der Waals surface area contributed by atoms with Gasteiger partial charge in [0.25, 0.3) is 0 Å². The van der Waals surface area contributed by atoms with Crippen LogP contribution in [-0.2, 0) is 23.0 Å². The van der Waals surface area contributed by atoms with Crippen molar-refractivity contribution >= 4 is 17.8 Å². The highest BCUT2D eigenvalue weighted by Gasteiger charge is 2.39. The Kier molecular flexibility index (Phi) is 5.29. The zero-order valence-electron chi connectivity index (χ0n) is 17.1. The van der Waals surface area contributed by atoms with Gasteiger partial charge in [-0.25, -0.2) is 4.79 Å². The van der Waals surface area contributed by atoms with E-state index in [0.717, 1.165) is 36.9 Å². The fourth-order valence-corrected chi connectivity index (χ4v) is 4.46. The maximum Gasteiger partial charge on any atom is 0.410 e. The first-order chi connectivity index (χ1) is 13.9. The van der Waals surface area contributed by atoms with Crippen molar-refractivity contribution in [3.05, 3.63) is 29.7 Å². The van der Waals surface area contributed by atoms with Gasteiger partial charge in [0.05, 0.1) is 12.6 Å². The molecule has 2 aromatic rings. The van der Waals surface area contributed by atoms with Gasteiger partial charge in [0.15, 0.2) is 5.82 Å². The molecule has 0 aromatic carbocycles. The highest BCUT2D eigenvalue weighted by molar-refractivity contribution is 5.91. The minimum atomic E-state index is -0.199. The van der Waals surface area contributed by atoms with Crippen molar-refractivity contribution < 1.29 is 14.3 Å². The number of amides is 2. The van der Waals surface area contributed by atoms with Crippen molar-refractivity contribution in [3.8, 4) is 0 Å². The second-order valence-corrected chi connectivity index (χ2v) is 8.31. The number of rotatable bonds is 5. The minimum absolute atomic E-state index is 0.0700. The van der Waals surface area contributed by atoms with Crippen molar-refractivity contribution in [1.82, 2.24) is 24.9 Å². The second-order valence-electron chi connectivity index (χ2n) is 8.31. The smallest absolute Gasteiger partial charge is 0.410 e. The van der Waals surface area contributed by atoms with Gasteiger partial charge in [-0.1, -0.05) is 0 Å². The summed E-state index contributed by atoms with van der Waals surface area (Å²) in [6.07, 6.45) is 7.05. The third-order valence-corrected chi connectivity index (χ3v) is 5.92. The first-order valence-corrected chi connectivity index (χ1v) is 10.2. The van der Waals surface area contributed by atoms with E-state index in [1.807, 2.05) is 38.1 Å². The van der Waals surface area contributed by atoms with Crippen LogP contribution < -0.4 is 5.32 Å². The number of nitrogens with one attached hydrogen (secondary N) is 2. The number of nitrogens with zero attached hydrogens (tertiary/aromatic N) is 4. The molecule has 0 unspecified atom stereocenters. The van der Waals surface area contributed by atoms with Gasteiger partial charge in [0.2, 0.25) is 5.91 Å². The second kappa shape index (κ2) is 7.88. The fraction of sp³-hybridized carbons (Fsp3) is 0.600. The standard InChI is InChI=1S/C20H28N6O3/c1-12-6-13(2)26(12)20(28)29-16-5-4-15(8-16)17-9-18(24-23-17)22-19(27)7-14-10-21-25(3)11-14/h9-13,15-16H,4-8H2,1-3H3,(H2,22,23,24,27)/t12-,13-,15-,16+/m0/s1. The number of anilines is 1. The van der Waals surface area contributed by atoms with Gasteiger partial charge in [-0.05, 0) is 45.1 Å². The van der Waals surface area contributed by atoms with Gasteiger partial charge in [-0.3, -0.25) is 14.6 Å². The number of hydrogen-bond donors (Lipinski definition) is 2. The van der Waals surface area contributed by atoms with Crippen LogP contribution >= 0.6 is 0 Å². The summed E-state index contributed by atoms with van der Waals surface area (Å²) in [5.74, 6) is 0.625. The van der Waals surface area contributed by atoms with Crippen LogP contribution in [0.25, 0.3) is 0 Å². The van der Waals surface area contributed by atoms with E-state index in [2.05, 4.69) is 20.6 Å². The van der Waals surface area contributed by atoms with Gasteiger partial charge in [0.1, 0.15) is 6.10 Å². The number of aryl methyl sites for hydroxylation is 1. The van der Waals surface area contributed by atoms with Crippen molar-refractivity contribution in [2.75, 3.05) is 5.32 Å². The Bertz CT molecular complexity index is 882. The Morgan fingerprint density at radius 3 is 2.76 bits per heavy atom. The Morgan fingerprint density at radius 2 is 2.07 bits per heavy atom. The molecule has 4 atom stereocenters. The van der Waals surface area contributed by atoms with E-state index >= 15 is 0 Å². The molecule has 1 saturated carbocycles. The van der Waals surface area contributed by atoms with Gasteiger partial charge in [0, 0.05) is 43.0 Å². The Balaban J connectivity index is 1.27. The number of hydrogen-bond acceptors (Lipinski definition) is 5. The molecule has 3 heterocycles. The first-order valence-electron chi connectivity index (χ1n) is 10.2. The van der Waals surface area contributed by atoms with Crippen molar-refractivity contribution in [3.63, 3.8) is 0 Å². The number of carbonyl (C=O) groups excluding carboxylic acids is 2. The lowest BCUT2D eigenvalue weighted by Gasteiger charge is -2.44. The molecule has 9 heteroatoms. The van der Waals surface area contributed by atoms with Crippen LogP contribution in [-0.4, -0.2) is 55.1 Å². The lowest BCUT2D eigenvalue weighted by molar-refractivity contribution is -0.115. The molecule has 2 N–H and O–H groups in total. The highest BCUT2D eigenvalue weighted by atomic mass is 16.6. The third kappa shape index (κ3) is 4.28. The quantitative estimate of drug-likeness (QED) is 0.803. The summed E-state index contributed by atoms with van der Waals surface area (Å²) in [4.78, 5) is 26.4. The molecule has 4 rings (SSSR count). The Labute approximate surface area is 169 Å². The van der Waals surface area contributed by atoms with E-state index in [0.29, 0.717) is 5.82 Å². The van der Waals surface area contributed by atoms with Crippen LogP contribution in [0.15, 0.2) is 18.5 Å². The van der Waals surface area contributed by atoms with Gasteiger partial charge >= 0.3 is 6.09 Å². The average Bonchev–Trinajstić information content (AvgIpc) is 3.36. The van der Waals surface area contributed by atoms with Gasteiger partial charge < -0.3 is 15.0 Å². The third-order valence-electron chi connectivity index (χ3n) is 5.92. The Morgan fingerprint density at radius 1 is 1.28 bits per heavy atom. The van der Waals surface area contributed by atoms with Gasteiger partial charge in [-0.15, -0.1) is 0 Å². The summed E-state index contributed by atoms with van der Waals surface area (Å²) in [7, 11) is 1.82. The average molecular weight is 400 g/mol. The predicted octanol–water partition coefficient (Wildman–Crippen LogP) is 2.58. The number of ether oxygens (including phenoxy) is 1. The largest absolute Gasteiger partial charge is 0.446 e. The number of H-pyrrole nitrogens is 1. The van der Waals surface area contributed by atoms with Crippen molar-refractivity contribution in [2.45, 2.75) is 70.1 Å². The van der Waals surface area contributed by atoms with E-state index in [9.17, 15) is 9.59 Å². The van der Waals surface area contributed by atoms with Gasteiger partial charge in [-0.2, -0.15) is 10.2 Å². The molecule has 156 valence electrons. The maximum absolute atomic E-state index is 12.4.